The summed E-state index contributed by atoms with van der Waals surface area (Å²) in [5.41, 5.74) is 3.99. The molecule has 0 fully saturated rings. The summed E-state index contributed by atoms with van der Waals surface area (Å²) in [6, 6.07) is 11.3. The van der Waals surface area contributed by atoms with Gasteiger partial charge in [-0.2, -0.15) is 10.2 Å². The Hall–Kier alpha value is -4.27. The zero-order chi connectivity index (χ0) is 25.6. The number of aryl methyl sites for hydroxylation is 2. The fraction of sp³-hybridized carbons (Fsp3) is 0.296. The molecule has 184 valence electrons. The van der Waals surface area contributed by atoms with Gasteiger partial charge in [0.2, 0.25) is 0 Å². The lowest BCUT2D eigenvalue weighted by Crippen LogP contribution is -2.14. The van der Waals surface area contributed by atoms with E-state index in [-0.39, 0.29) is 17.9 Å². The third-order valence-corrected chi connectivity index (χ3v) is 6.08. The molecule has 0 saturated heterocycles. The van der Waals surface area contributed by atoms with Gasteiger partial charge in [0, 0.05) is 23.1 Å². The fourth-order valence-corrected chi connectivity index (χ4v) is 4.24. The molecule has 9 heteroatoms. The van der Waals surface area contributed by atoms with Crippen LogP contribution in [0.25, 0.3) is 33.7 Å². The molecule has 0 radical (unpaired) electrons. The number of amides is 1. The number of H-pyrrole nitrogens is 1. The van der Waals surface area contributed by atoms with Crippen molar-refractivity contribution in [1.29, 1.82) is 0 Å². The number of hydrogen-bond acceptors (Lipinski definition) is 6. The lowest BCUT2D eigenvalue weighted by atomic mass is 10.1. The summed E-state index contributed by atoms with van der Waals surface area (Å²) in [7, 11) is 0. The largest absolute Gasteiger partial charge is 0.466 e. The zero-order valence-corrected chi connectivity index (χ0v) is 21.2. The first-order chi connectivity index (χ1) is 17.2. The highest BCUT2D eigenvalue weighted by Gasteiger charge is 2.22. The predicted molar refractivity (Wildman–Crippen MR) is 139 cm³/mol. The molecule has 36 heavy (non-hydrogen) atoms. The molecule has 5 aromatic rings. The Balaban J connectivity index is 1.60. The minimum absolute atomic E-state index is 0.0787. The maximum atomic E-state index is 13.7. The summed E-state index contributed by atoms with van der Waals surface area (Å²) in [6.45, 7) is 12.0. The van der Waals surface area contributed by atoms with E-state index in [2.05, 4.69) is 25.6 Å². The third-order valence-electron chi connectivity index (χ3n) is 6.08. The van der Waals surface area contributed by atoms with E-state index >= 15 is 0 Å². The highest BCUT2D eigenvalue weighted by atomic mass is 16.3. The molecule has 0 saturated carbocycles. The number of benzene rings is 1. The number of rotatable bonds is 6. The van der Waals surface area contributed by atoms with Crippen molar-refractivity contribution in [2.45, 2.75) is 53.5 Å². The summed E-state index contributed by atoms with van der Waals surface area (Å²) in [4.78, 5) is 23.2. The van der Waals surface area contributed by atoms with Crippen LogP contribution >= 0.6 is 0 Å². The molecule has 4 heterocycles. The minimum atomic E-state index is -0.267. The number of carbonyl (C=O) groups excluding carboxylic acids is 1. The van der Waals surface area contributed by atoms with E-state index in [1.165, 1.54) is 0 Å². The maximum absolute atomic E-state index is 13.7. The van der Waals surface area contributed by atoms with Crippen LogP contribution in [0.4, 0.5) is 5.69 Å². The van der Waals surface area contributed by atoms with Crippen LogP contribution < -0.4 is 5.32 Å². The molecule has 0 spiro atoms. The Morgan fingerprint density at radius 2 is 1.83 bits per heavy atom. The number of nitrogens with one attached hydrogen (secondary N) is 2. The van der Waals surface area contributed by atoms with Crippen LogP contribution in [-0.4, -0.2) is 35.9 Å². The summed E-state index contributed by atoms with van der Waals surface area (Å²) < 4.78 is 7.57. The number of fused-ring (bicyclic) bond motifs is 1. The molecule has 2 N–H and O–H groups in total. The molecule has 1 amide bonds. The highest BCUT2D eigenvalue weighted by molar-refractivity contribution is 6.13. The van der Waals surface area contributed by atoms with E-state index < -0.39 is 0 Å². The van der Waals surface area contributed by atoms with Crippen LogP contribution in [0.3, 0.4) is 0 Å². The lowest BCUT2D eigenvalue weighted by Gasteiger charge is -2.12. The molecule has 0 atom stereocenters. The first-order valence-corrected chi connectivity index (χ1v) is 12.0. The first-order valence-electron chi connectivity index (χ1n) is 12.0. The fourth-order valence-electron chi connectivity index (χ4n) is 4.24. The summed E-state index contributed by atoms with van der Waals surface area (Å²) in [6.07, 6.45) is 1.70. The molecule has 1 aromatic carbocycles. The van der Waals surface area contributed by atoms with Crippen LogP contribution in [0, 0.1) is 13.8 Å². The van der Waals surface area contributed by atoms with Crippen molar-refractivity contribution >= 4 is 22.6 Å². The summed E-state index contributed by atoms with van der Waals surface area (Å²) in [5, 5.41) is 15.6. The van der Waals surface area contributed by atoms with E-state index in [0.29, 0.717) is 33.8 Å². The number of furan rings is 1. The van der Waals surface area contributed by atoms with Gasteiger partial charge in [0.05, 0.1) is 28.5 Å². The average molecular weight is 484 g/mol. The zero-order valence-electron chi connectivity index (χ0n) is 21.2. The molecule has 0 aliphatic heterocycles. The van der Waals surface area contributed by atoms with Crippen molar-refractivity contribution < 1.29 is 9.21 Å². The van der Waals surface area contributed by atoms with Gasteiger partial charge in [0.25, 0.3) is 5.91 Å². The molecule has 0 aliphatic carbocycles. The number of aromatic amines is 1. The van der Waals surface area contributed by atoms with Gasteiger partial charge in [-0.25, -0.2) is 14.6 Å². The second-order valence-corrected chi connectivity index (χ2v) is 9.50. The number of para-hydroxylation sites is 1. The van der Waals surface area contributed by atoms with Gasteiger partial charge in [-0.05, 0) is 52.0 Å². The lowest BCUT2D eigenvalue weighted by molar-refractivity contribution is 0.102. The van der Waals surface area contributed by atoms with Crippen LogP contribution in [0.2, 0.25) is 0 Å². The van der Waals surface area contributed by atoms with Crippen LogP contribution in [0.15, 0.2) is 47.0 Å². The predicted octanol–water partition coefficient (Wildman–Crippen LogP) is 6.05. The van der Waals surface area contributed by atoms with E-state index in [0.717, 1.165) is 28.5 Å². The van der Waals surface area contributed by atoms with Crippen molar-refractivity contribution in [2.75, 3.05) is 5.32 Å². The van der Waals surface area contributed by atoms with Gasteiger partial charge in [0.15, 0.2) is 11.5 Å². The molecule has 5 rings (SSSR count). The second-order valence-electron chi connectivity index (χ2n) is 9.50. The summed E-state index contributed by atoms with van der Waals surface area (Å²) in [5.74, 6) is 2.80. The number of aromatic nitrogens is 6. The van der Waals surface area contributed by atoms with Crippen LogP contribution in [-0.2, 0) is 0 Å². The quantitative estimate of drug-likeness (QED) is 0.304. The Morgan fingerprint density at radius 1 is 1.06 bits per heavy atom. The van der Waals surface area contributed by atoms with Gasteiger partial charge >= 0.3 is 0 Å². The van der Waals surface area contributed by atoms with Crippen molar-refractivity contribution in [2.24, 2.45) is 0 Å². The van der Waals surface area contributed by atoms with E-state index in [4.69, 9.17) is 9.40 Å². The van der Waals surface area contributed by atoms with Gasteiger partial charge in [-0.15, -0.1) is 0 Å². The Labute approximate surface area is 209 Å². The van der Waals surface area contributed by atoms with Gasteiger partial charge < -0.3 is 9.73 Å². The standard InChI is InChI=1S/C27H29N7O2/c1-14(2)24-31-25(33-32-24)18-9-7-8-10-22(18)30-27(35)20-12-23(19-11-16(5)36-17(19)6)29-26-21(20)13-28-34(26)15(3)4/h7-15H,1-6H3,(H,30,35)(H,31,32,33). The molecule has 0 aliphatic rings. The topological polar surface area (TPSA) is 115 Å². The van der Waals surface area contributed by atoms with E-state index in [9.17, 15) is 4.79 Å². The third kappa shape index (κ3) is 4.17. The normalized spacial score (nSPS) is 11.7. The maximum Gasteiger partial charge on any atom is 0.256 e. The molecular weight excluding hydrogens is 454 g/mol. The Kier molecular flexibility index (Phi) is 5.91. The number of anilines is 1. The van der Waals surface area contributed by atoms with Gasteiger partial charge in [0.1, 0.15) is 17.3 Å². The molecule has 0 bridgehead atoms. The number of carbonyl (C=O) groups is 1. The average Bonchev–Trinajstić information content (AvgIpc) is 3.56. The number of nitrogens with zero attached hydrogens (tertiary/aromatic N) is 5. The monoisotopic (exact) mass is 483 g/mol. The minimum Gasteiger partial charge on any atom is -0.466 e. The Bertz CT molecular complexity index is 1570. The smallest absolute Gasteiger partial charge is 0.256 e. The van der Waals surface area contributed by atoms with Crippen molar-refractivity contribution in [3.63, 3.8) is 0 Å². The van der Waals surface area contributed by atoms with Crippen LogP contribution in [0.5, 0.6) is 0 Å². The van der Waals surface area contributed by atoms with E-state index in [1.54, 1.807) is 12.3 Å². The Morgan fingerprint density at radius 3 is 2.50 bits per heavy atom. The number of pyridine rings is 1. The molecule has 9 nitrogen and oxygen atoms in total. The highest BCUT2D eigenvalue weighted by Crippen LogP contribution is 2.31. The van der Waals surface area contributed by atoms with Crippen molar-refractivity contribution in [1.82, 2.24) is 29.9 Å². The molecular formula is C27H29N7O2. The van der Waals surface area contributed by atoms with Crippen molar-refractivity contribution in [3.05, 3.63) is 65.5 Å². The van der Waals surface area contributed by atoms with Gasteiger partial charge in [-0.1, -0.05) is 26.0 Å². The SMILES string of the molecule is Cc1cc(-c2cc(C(=O)Nc3ccccc3-c3n[nH]c(C(C)C)n3)c3cnn(C(C)C)c3n2)c(C)o1. The number of hydrogen-bond donors (Lipinski definition) is 2. The molecule has 0 unspecified atom stereocenters. The first kappa shape index (κ1) is 23.5. The summed E-state index contributed by atoms with van der Waals surface area (Å²) >= 11 is 0. The molecule has 4 aromatic heterocycles. The van der Waals surface area contributed by atoms with Crippen LogP contribution in [0.1, 0.15) is 67.4 Å². The van der Waals surface area contributed by atoms with Gasteiger partial charge in [-0.3, -0.25) is 9.89 Å². The van der Waals surface area contributed by atoms with E-state index in [1.807, 2.05) is 76.6 Å². The van der Waals surface area contributed by atoms with Crippen molar-refractivity contribution in [3.8, 4) is 22.6 Å². The second kappa shape index (κ2) is 9.07.